The van der Waals surface area contributed by atoms with Gasteiger partial charge in [-0.05, 0) is 36.3 Å². The van der Waals surface area contributed by atoms with Gasteiger partial charge in [-0.1, -0.05) is 35.9 Å². The first-order chi connectivity index (χ1) is 13.2. The van der Waals surface area contributed by atoms with Crippen LogP contribution in [-0.2, 0) is 11.3 Å². The molecule has 2 aliphatic rings. The molecule has 2 heterocycles. The average molecular weight is 364 g/mol. The van der Waals surface area contributed by atoms with Gasteiger partial charge in [0.1, 0.15) is 0 Å². The number of benzene rings is 2. The Labute approximate surface area is 159 Å². The highest BCUT2D eigenvalue weighted by molar-refractivity contribution is 5.92. The molecule has 0 aromatic heterocycles. The second-order valence-corrected chi connectivity index (χ2v) is 7.04. The fourth-order valence-corrected chi connectivity index (χ4v) is 3.48. The zero-order valence-corrected chi connectivity index (χ0v) is 15.6. The highest BCUT2D eigenvalue weighted by Gasteiger charge is 2.19. The van der Waals surface area contributed by atoms with Crippen molar-refractivity contribution in [2.45, 2.75) is 13.5 Å². The molecule has 1 amide bonds. The van der Waals surface area contributed by atoms with Gasteiger partial charge in [-0.25, -0.2) is 0 Å². The maximum absolute atomic E-state index is 12.5. The number of hydrogen-bond acceptors (Lipinski definition) is 4. The molecular weight excluding hydrogens is 340 g/mol. The molecular formula is C22H24N2O3. The van der Waals surface area contributed by atoms with E-state index in [2.05, 4.69) is 36.1 Å². The van der Waals surface area contributed by atoms with Gasteiger partial charge in [-0.2, -0.15) is 0 Å². The molecule has 5 nitrogen and oxygen atoms in total. The standard InChI is InChI=1S/C22H24N2O3/c1-17-3-2-4-19(13-17)15-23-9-11-24(12-10-23)22(25)8-6-18-5-7-20-21(14-18)27-16-26-20/h2-8,13-14H,9-12,15-16H2,1H3/b8-6+. The predicted molar refractivity (Wildman–Crippen MR) is 105 cm³/mol. The summed E-state index contributed by atoms with van der Waals surface area (Å²) in [6.07, 6.45) is 3.48. The molecule has 1 saturated heterocycles. The first-order valence-electron chi connectivity index (χ1n) is 9.32. The Kier molecular flexibility index (Phi) is 5.12. The Morgan fingerprint density at radius 2 is 1.85 bits per heavy atom. The maximum atomic E-state index is 12.5. The quantitative estimate of drug-likeness (QED) is 0.782. The van der Waals surface area contributed by atoms with Crippen LogP contribution in [0.5, 0.6) is 11.5 Å². The van der Waals surface area contributed by atoms with Gasteiger partial charge in [0.25, 0.3) is 0 Å². The van der Waals surface area contributed by atoms with Crippen LogP contribution in [-0.4, -0.2) is 48.7 Å². The molecule has 27 heavy (non-hydrogen) atoms. The van der Waals surface area contributed by atoms with E-state index < -0.39 is 0 Å². The van der Waals surface area contributed by atoms with E-state index in [1.165, 1.54) is 11.1 Å². The molecule has 1 fully saturated rings. The number of fused-ring (bicyclic) bond motifs is 1. The number of aryl methyl sites for hydroxylation is 1. The Bertz CT molecular complexity index is 854. The lowest BCUT2D eigenvalue weighted by molar-refractivity contribution is -0.127. The van der Waals surface area contributed by atoms with Crippen LogP contribution in [0, 0.1) is 6.92 Å². The summed E-state index contributed by atoms with van der Waals surface area (Å²) in [6.45, 7) is 6.64. The molecule has 2 aliphatic heterocycles. The molecule has 2 aromatic carbocycles. The molecule has 4 rings (SSSR count). The highest BCUT2D eigenvalue weighted by atomic mass is 16.7. The van der Waals surface area contributed by atoms with Crippen molar-refractivity contribution in [3.05, 3.63) is 65.2 Å². The van der Waals surface area contributed by atoms with E-state index in [9.17, 15) is 4.79 Å². The summed E-state index contributed by atoms with van der Waals surface area (Å²) in [5, 5.41) is 0. The van der Waals surface area contributed by atoms with Gasteiger partial charge in [0, 0.05) is 38.8 Å². The normalized spacial score (nSPS) is 16.9. The summed E-state index contributed by atoms with van der Waals surface area (Å²) in [6, 6.07) is 14.3. The summed E-state index contributed by atoms with van der Waals surface area (Å²) >= 11 is 0. The van der Waals surface area contributed by atoms with Gasteiger partial charge < -0.3 is 14.4 Å². The molecule has 0 spiro atoms. The largest absolute Gasteiger partial charge is 0.454 e. The number of rotatable bonds is 4. The zero-order chi connectivity index (χ0) is 18.6. The number of ether oxygens (including phenoxy) is 2. The molecule has 0 N–H and O–H groups in total. The third kappa shape index (κ3) is 4.31. The summed E-state index contributed by atoms with van der Waals surface area (Å²) in [5.41, 5.74) is 3.55. The van der Waals surface area contributed by atoms with E-state index in [1.54, 1.807) is 6.08 Å². The van der Waals surface area contributed by atoms with Crippen LogP contribution in [0.3, 0.4) is 0 Å². The first kappa shape index (κ1) is 17.6. The average Bonchev–Trinajstić information content (AvgIpc) is 3.14. The second kappa shape index (κ2) is 7.84. The predicted octanol–water partition coefficient (Wildman–Crippen LogP) is 3.08. The van der Waals surface area contributed by atoms with E-state index in [0.717, 1.165) is 49.8 Å². The number of carbonyl (C=O) groups is 1. The molecule has 0 unspecified atom stereocenters. The van der Waals surface area contributed by atoms with Crippen LogP contribution in [0.1, 0.15) is 16.7 Å². The first-order valence-corrected chi connectivity index (χ1v) is 9.32. The molecule has 140 valence electrons. The fourth-order valence-electron chi connectivity index (χ4n) is 3.48. The summed E-state index contributed by atoms with van der Waals surface area (Å²) in [7, 11) is 0. The second-order valence-electron chi connectivity index (χ2n) is 7.04. The monoisotopic (exact) mass is 364 g/mol. The number of amides is 1. The van der Waals surface area contributed by atoms with Crippen LogP contribution in [0.25, 0.3) is 6.08 Å². The highest BCUT2D eigenvalue weighted by Crippen LogP contribution is 2.32. The van der Waals surface area contributed by atoms with Gasteiger partial charge >= 0.3 is 0 Å². The maximum Gasteiger partial charge on any atom is 0.246 e. The number of piperazine rings is 1. The molecule has 5 heteroatoms. The van der Waals surface area contributed by atoms with Crippen LogP contribution in [0.4, 0.5) is 0 Å². The minimum atomic E-state index is 0.0582. The Hall–Kier alpha value is -2.79. The van der Waals surface area contributed by atoms with Crippen molar-refractivity contribution in [2.24, 2.45) is 0 Å². The van der Waals surface area contributed by atoms with Crippen molar-refractivity contribution in [2.75, 3.05) is 33.0 Å². The molecule has 2 aromatic rings. The van der Waals surface area contributed by atoms with Gasteiger partial charge in [-0.3, -0.25) is 9.69 Å². The summed E-state index contributed by atoms with van der Waals surface area (Å²) < 4.78 is 10.7. The van der Waals surface area contributed by atoms with Crippen LogP contribution >= 0.6 is 0 Å². The van der Waals surface area contributed by atoms with Crippen molar-refractivity contribution in [3.8, 4) is 11.5 Å². The summed E-state index contributed by atoms with van der Waals surface area (Å²) in [5.74, 6) is 1.54. The molecule has 0 aliphatic carbocycles. The lowest BCUT2D eigenvalue weighted by Gasteiger charge is -2.34. The topological polar surface area (TPSA) is 42.0 Å². The van der Waals surface area contributed by atoms with Gasteiger partial charge in [0.2, 0.25) is 12.7 Å². The fraction of sp³-hybridized carbons (Fsp3) is 0.318. The van der Waals surface area contributed by atoms with Crippen LogP contribution < -0.4 is 9.47 Å². The number of nitrogens with zero attached hydrogens (tertiary/aromatic N) is 2. The third-order valence-corrected chi connectivity index (χ3v) is 4.99. The lowest BCUT2D eigenvalue weighted by Crippen LogP contribution is -2.47. The minimum absolute atomic E-state index is 0.0582. The number of carbonyl (C=O) groups excluding carboxylic acids is 1. The number of hydrogen-bond donors (Lipinski definition) is 0. The zero-order valence-electron chi connectivity index (χ0n) is 15.6. The molecule has 0 bridgehead atoms. The summed E-state index contributed by atoms with van der Waals surface area (Å²) in [4.78, 5) is 16.8. The lowest BCUT2D eigenvalue weighted by atomic mass is 10.1. The smallest absolute Gasteiger partial charge is 0.246 e. The van der Waals surface area contributed by atoms with E-state index in [4.69, 9.17) is 9.47 Å². The Balaban J connectivity index is 1.29. The van der Waals surface area contributed by atoms with Gasteiger partial charge in [-0.15, -0.1) is 0 Å². The van der Waals surface area contributed by atoms with E-state index in [0.29, 0.717) is 0 Å². The van der Waals surface area contributed by atoms with E-state index >= 15 is 0 Å². The van der Waals surface area contributed by atoms with Crippen molar-refractivity contribution in [1.82, 2.24) is 9.80 Å². The molecule has 0 saturated carbocycles. The third-order valence-electron chi connectivity index (χ3n) is 4.99. The van der Waals surface area contributed by atoms with Crippen molar-refractivity contribution in [3.63, 3.8) is 0 Å². The van der Waals surface area contributed by atoms with Crippen molar-refractivity contribution >= 4 is 12.0 Å². The Morgan fingerprint density at radius 3 is 2.67 bits per heavy atom. The SMILES string of the molecule is Cc1cccc(CN2CCN(C(=O)/C=C/c3ccc4c(c3)OCO4)CC2)c1. The van der Waals surface area contributed by atoms with E-state index in [1.807, 2.05) is 29.2 Å². The van der Waals surface area contributed by atoms with Gasteiger partial charge in [0.15, 0.2) is 11.5 Å². The van der Waals surface area contributed by atoms with E-state index in [-0.39, 0.29) is 12.7 Å². The van der Waals surface area contributed by atoms with Crippen molar-refractivity contribution < 1.29 is 14.3 Å². The van der Waals surface area contributed by atoms with Crippen LogP contribution in [0.15, 0.2) is 48.5 Å². The van der Waals surface area contributed by atoms with Crippen molar-refractivity contribution in [1.29, 1.82) is 0 Å². The van der Waals surface area contributed by atoms with Gasteiger partial charge in [0.05, 0.1) is 0 Å². The molecule has 0 radical (unpaired) electrons. The molecule has 0 atom stereocenters. The minimum Gasteiger partial charge on any atom is -0.454 e. The Morgan fingerprint density at radius 1 is 1.04 bits per heavy atom. The van der Waals surface area contributed by atoms with Crippen LogP contribution in [0.2, 0.25) is 0 Å².